The minimum Gasteiger partial charge on any atom is -0.453 e. The van der Waals surface area contributed by atoms with E-state index in [1.54, 1.807) is 6.07 Å². The first-order chi connectivity index (χ1) is 13.3. The van der Waals surface area contributed by atoms with E-state index in [-0.39, 0.29) is 12.5 Å². The van der Waals surface area contributed by atoms with Gasteiger partial charge in [0.15, 0.2) is 5.76 Å². The number of nitrogens with zero attached hydrogens (tertiary/aromatic N) is 1. The summed E-state index contributed by atoms with van der Waals surface area (Å²) in [7, 11) is 0. The summed E-state index contributed by atoms with van der Waals surface area (Å²) >= 11 is 0. The highest BCUT2D eigenvalue weighted by Gasteiger charge is 2.14. The number of rotatable bonds is 4. The van der Waals surface area contributed by atoms with Crippen LogP contribution in [0.1, 0.15) is 16.2 Å². The second-order valence-corrected chi connectivity index (χ2v) is 6.28. The molecule has 3 heterocycles. The van der Waals surface area contributed by atoms with Crippen LogP contribution in [0.25, 0.3) is 33.4 Å². The van der Waals surface area contributed by atoms with Gasteiger partial charge in [-0.15, -0.1) is 0 Å². The van der Waals surface area contributed by atoms with Gasteiger partial charge < -0.3 is 19.2 Å². The van der Waals surface area contributed by atoms with Crippen molar-refractivity contribution in [3.8, 4) is 11.5 Å². The molecule has 6 heteroatoms. The Balaban J connectivity index is 1.31. The number of furan rings is 1. The molecular weight excluding hydrogens is 342 g/mol. The zero-order valence-electron chi connectivity index (χ0n) is 14.2. The van der Waals surface area contributed by atoms with Crippen molar-refractivity contribution in [1.82, 2.24) is 15.5 Å². The molecule has 0 saturated carbocycles. The lowest BCUT2D eigenvalue weighted by molar-refractivity contribution is 0.0946. The number of carbonyl (C=O) groups excluding carboxylic acids is 1. The summed E-state index contributed by atoms with van der Waals surface area (Å²) in [4.78, 5) is 15.5. The third kappa shape index (κ3) is 2.87. The molecule has 2 aromatic carbocycles. The Morgan fingerprint density at radius 3 is 2.63 bits per heavy atom. The van der Waals surface area contributed by atoms with Crippen LogP contribution in [0.2, 0.25) is 0 Å². The van der Waals surface area contributed by atoms with Crippen molar-refractivity contribution < 1.29 is 13.7 Å². The van der Waals surface area contributed by atoms with Gasteiger partial charge in [-0.05, 0) is 24.3 Å². The lowest BCUT2D eigenvalue weighted by Gasteiger charge is -1.99. The van der Waals surface area contributed by atoms with Gasteiger partial charge in [0, 0.05) is 22.4 Å². The molecule has 5 aromatic rings. The third-order valence-electron chi connectivity index (χ3n) is 4.43. The first-order valence-electron chi connectivity index (χ1n) is 8.57. The Bertz CT molecular complexity index is 1200. The van der Waals surface area contributed by atoms with Gasteiger partial charge in [0.2, 0.25) is 5.76 Å². The fraction of sp³-hybridized carbons (Fsp3) is 0.0476. The SMILES string of the molecule is O=C(NCc1cc(-c2cc3ccccc3o2)on1)c1cc2ccccc2[nH]1. The summed E-state index contributed by atoms with van der Waals surface area (Å²) in [5.74, 6) is 0.942. The van der Waals surface area contributed by atoms with E-state index in [0.29, 0.717) is 22.9 Å². The second kappa shape index (κ2) is 6.17. The minimum absolute atomic E-state index is 0.195. The van der Waals surface area contributed by atoms with E-state index in [1.807, 2.05) is 60.7 Å². The highest BCUT2D eigenvalue weighted by Crippen LogP contribution is 2.28. The van der Waals surface area contributed by atoms with Crippen LogP contribution in [-0.4, -0.2) is 16.0 Å². The predicted octanol–water partition coefficient (Wildman–Crippen LogP) is 4.50. The van der Waals surface area contributed by atoms with Gasteiger partial charge in [-0.3, -0.25) is 4.79 Å². The van der Waals surface area contributed by atoms with Gasteiger partial charge >= 0.3 is 0 Å². The largest absolute Gasteiger partial charge is 0.453 e. The second-order valence-electron chi connectivity index (χ2n) is 6.28. The first-order valence-corrected chi connectivity index (χ1v) is 8.57. The van der Waals surface area contributed by atoms with Crippen LogP contribution >= 0.6 is 0 Å². The molecule has 27 heavy (non-hydrogen) atoms. The van der Waals surface area contributed by atoms with Crippen LogP contribution in [0.4, 0.5) is 0 Å². The summed E-state index contributed by atoms with van der Waals surface area (Å²) in [5, 5.41) is 8.85. The Kier molecular flexibility index (Phi) is 3.53. The molecule has 132 valence electrons. The van der Waals surface area contributed by atoms with Gasteiger partial charge in [-0.1, -0.05) is 41.6 Å². The number of benzene rings is 2. The molecule has 0 aliphatic heterocycles. The quantitative estimate of drug-likeness (QED) is 0.496. The number of aromatic amines is 1. The number of H-pyrrole nitrogens is 1. The molecule has 0 bridgehead atoms. The zero-order chi connectivity index (χ0) is 18.2. The normalized spacial score (nSPS) is 11.3. The maximum Gasteiger partial charge on any atom is 0.268 e. The topological polar surface area (TPSA) is 84.1 Å². The standard InChI is InChI=1S/C21H15N3O3/c25-21(17-9-13-5-1-3-7-16(13)23-17)22-12-15-11-20(27-24-15)19-10-14-6-2-4-8-18(14)26-19/h1-11,23H,12H2,(H,22,25). The van der Waals surface area contributed by atoms with E-state index in [0.717, 1.165) is 21.9 Å². The number of para-hydroxylation sites is 2. The number of carbonyl (C=O) groups is 1. The number of hydrogen-bond donors (Lipinski definition) is 2. The molecule has 2 N–H and O–H groups in total. The number of nitrogens with one attached hydrogen (secondary N) is 2. The highest BCUT2D eigenvalue weighted by atomic mass is 16.5. The predicted molar refractivity (Wildman–Crippen MR) is 101 cm³/mol. The molecule has 1 amide bonds. The van der Waals surface area contributed by atoms with E-state index >= 15 is 0 Å². The van der Waals surface area contributed by atoms with Crippen molar-refractivity contribution in [3.05, 3.63) is 78.1 Å². The maximum absolute atomic E-state index is 12.4. The van der Waals surface area contributed by atoms with Crippen LogP contribution in [-0.2, 0) is 6.54 Å². The van der Waals surface area contributed by atoms with Crippen molar-refractivity contribution in [1.29, 1.82) is 0 Å². The fourth-order valence-corrected chi connectivity index (χ4v) is 3.08. The molecule has 0 unspecified atom stereocenters. The van der Waals surface area contributed by atoms with Crippen molar-refractivity contribution in [2.24, 2.45) is 0 Å². The minimum atomic E-state index is -0.195. The number of aromatic nitrogens is 2. The van der Waals surface area contributed by atoms with E-state index in [9.17, 15) is 4.79 Å². The van der Waals surface area contributed by atoms with E-state index in [1.165, 1.54) is 0 Å². The number of fused-ring (bicyclic) bond motifs is 2. The Morgan fingerprint density at radius 2 is 1.78 bits per heavy atom. The van der Waals surface area contributed by atoms with Crippen molar-refractivity contribution in [3.63, 3.8) is 0 Å². The zero-order valence-corrected chi connectivity index (χ0v) is 14.2. The Morgan fingerprint density at radius 1 is 0.963 bits per heavy atom. The lowest BCUT2D eigenvalue weighted by Crippen LogP contribution is -2.23. The summed E-state index contributed by atoms with van der Waals surface area (Å²) in [5.41, 5.74) is 2.85. The van der Waals surface area contributed by atoms with Crippen LogP contribution in [0.5, 0.6) is 0 Å². The van der Waals surface area contributed by atoms with Gasteiger partial charge in [0.25, 0.3) is 5.91 Å². The molecule has 5 rings (SSSR count). The molecule has 0 saturated heterocycles. The molecule has 0 aliphatic rings. The molecule has 0 fully saturated rings. The van der Waals surface area contributed by atoms with Gasteiger partial charge in [-0.25, -0.2) is 0 Å². The summed E-state index contributed by atoms with van der Waals surface area (Å²) in [6.45, 7) is 0.262. The van der Waals surface area contributed by atoms with Gasteiger partial charge in [0.1, 0.15) is 17.0 Å². The Labute approximate surface area is 153 Å². The smallest absolute Gasteiger partial charge is 0.268 e. The summed E-state index contributed by atoms with van der Waals surface area (Å²) in [6, 6.07) is 21.0. The van der Waals surface area contributed by atoms with Crippen molar-refractivity contribution >= 4 is 27.8 Å². The van der Waals surface area contributed by atoms with Crippen molar-refractivity contribution in [2.45, 2.75) is 6.54 Å². The molecular formula is C21H15N3O3. The van der Waals surface area contributed by atoms with E-state index < -0.39 is 0 Å². The average molecular weight is 357 g/mol. The third-order valence-corrected chi connectivity index (χ3v) is 4.43. The average Bonchev–Trinajstić information content (AvgIpc) is 3.42. The summed E-state index contributed by atoms with van der Waals surface area (Å²) in [6.07, 6.45) is 0. The van der Waals surface area contributed by atoms with E-state index in [2.05, 4.69) is 15.5 Å². The van der Waals surface area contributed by atoms with Gasteiger partial charge in [-0.2, -0.15) is 0 Å². The van der Waals surface area contributed by atoms with Crippen molar-refractivity contribution in [2.75, 3.05) is 0 Å². The monoisotopic (exact) mass is 357 g/mol. The van der Waals surface area contributed by atoms with Crippen LogP contribution in [0, 0.1) is 0 Å². The maximum atomic E-state index is 12.4. The number of hydrogen-bond acceptors (Lipinski definition) is 4. The molecule has 0 radical (unpaired) electrons. The van der Waals surface area contributed by atoms with Crippen LogP contribution in [0.15, 0.2) is 75.7 Å². The molecule has 0 atom stereocenters. The van der Waals surface area contributed by atoms with Gasteiger partial charge in [0.05, 0.1) is 6.54 Å². The molecule has 6 nitrogen and oxygen atoms in total. The molecule has 3 aromatic heterocycles. The van der Waals surface area contributed by atoms with Crippen LogP contribution in [0.3, 0.4) is 0 Å². The molecule has 0 aliphatic carbocycles. The highest BCUT2D eigenvalue weighted by molar-refractivity contribution is 5.97. The first kappa shape index (κ1) is 15.5. The van der Waals surface area contributed by atoms with E-state index in [4.69, 9.17) is 8.94 Å². The summed E-state index contributed by atoms with van der Waals surface area (Å²) < 4.78 is 11.1. The molecule has 0 spiro atoms. The fourth-order valence-electron chi connectivity index (χ4n) is 3.08. The lowest BCUT2D eigenvalue weighted by atomic mass is 10.2. The number of amides is 1. The Hall–Kier alpha value is -3.80. The van der Waals surface area contributed by atoms with Crippen LogP contribution < -0.4 is 5.32 Å².